The summed E-state index contributed by atoms with van der Waals surface area (Å²) in [6, 6.07) is 4.45. The van der Waals surface area contributed by atoms with E-state index in [0.29, 0.717) is 5.56 Å². The molecular weight excluding hydrogens is 157 g/mol. The Morgan fingerprint density at radius 2 is 2.25 bits per heavy atom. The van der Waals surface area contributed by atoms with E-state index in [1.165, 1.54) is 6.07 Å². The molecule has 0 aromatic heterocycles. The molecule has 0 heterocycles. The minimum Gasteiger partial charge on any atom is -0.392 e. The zero-order valence-corrected chi connectivity index (χ0v) is 6.92. The normalized spacial score (nSPS) is 13.0. The van der Waals surface area contributed by atoms with E-state index in [-0.39, 0.29) is 12.6 Å². The van der Waals surface area contributed by atoms with Crippen LogP contribution in [0.3, 0.4) is 0 Å². The van der Waals surface area contributed by atoms with Crippen molar-refractivity contribution in [2.45, 2.75) is 19.6 Å². The lowest BCUT2D eigenvalue weighted by Crippen LogP contribution is -2.05. The van der Waals surface area contributed by atoms with Crippen LogP contribution in [0.1, 0.15) is 24.1 Å². The molecule has 1 rings (SSSR count). The second-order valence-electron chi connectivity index (χ2n) is 2.80. The van der Waals surface area contributed by atoms with Gasteiger partial charge in [0.15, 0.2) is 0 Å². The lowest BCUT2D eigenvalue weighted by atomic mass is 10.1. The first-order chi connectivity index (χ1) is 5.65. The van der Waals surface area contributed by atoms with Crippen LogP contribution in [0.15, 0.2) is 18.2 Å². The van der Waals surface area contributed by atoms with E-state index in [1.54, 1.807) is 19.1 Å². The number of rotatable bonds is 2. The molecule has 0 aliphatic heterocycles. The van der Waals surface area contributed by atoms with Crippen molar-refractivity contribution in [2.75, 3.05) is 0 Å². The zero-order valence-electron chi connectivity index (χ0n) is 6.92. The molecule has 0 bridgehead atoms. The maximum Gasteiger partial charge on any atom is 0.129 e. The van der Waals surface area contributed by atoms with E-state index in [0.717, 1.165) is 5.56 Å². The molecule has 0 saturated heterocycles. The predicted octanol–water partition coefficient (Wildman–Crippen LogP) is 1.34. The largest absolute Gasteiger partial charge is 0.392 e. The van der Waals surface area contributed by atoms with Crippen molar-refractivity contribution >= 4 is 0 Å². The molecule has 0 spiro atoms. The van der Waals surface area contributed by atoms with Crippen LogP contribution in [-0.4, -0.2) is 5.11 Å². The third-order valence-corrected chi connectivity index (χ3v) is 1.77. The first-order valence-corrected chi connectivity index (χ1v) is 3.80. The van der Waals surface area contributed by atoms with Crippen LogP contribution in [0, 0.1) is 5.82 Å². The average molecular weight is 169 g/mol. The molecule has 0 aliphatic rings. The highest BCUT2D eigenvalue weighted by Crippen LogP contribution is 2.14. The molecule has 0 fully saturated rings. The van der Waals surface area contributed by atoms with Gasteiger partial charge in [0.2, 0.25) is 0 Å². The Morgan fingerprint density at radius 1 is 1.58 bits per heavy atom. The fourth-order valence-corrected chi connectivity index (χ4v) is 0.975. The Kier molecular flexibility index (Phi) is 2.78. The molecule has 3 N–H and O–H groups in total. The predicted molar refractivity (Wildman–Crippen MR) is 44.9 cm³/mol. The summed E-state index contributed by atoms with van der Waals surface area (Å²) in [7, 11) is 0. The third-order valence-electron chi connectivity index (χ3n) is 1.77. The summed E-state index contributed by atoms with van der Waals surface area (Å²) in [6.07, 6.45) is 0. The Morgan fingerprint density at radius 3 is 2.67 bits per heavy atom. The van der Waals surface area contributed by atoms with Crippen molar-refractivity contribution in [3.63, 3.8) is 0 Å². The quantitative estimate of drug-likeness (QED) is 0.701. The maximum absolute atomic E-state index is 13.0. The number of aliphatic hydroxyl groups is 1. The van der Waals surface area contributed by atoms with Gasteiger partial charge >= 0.3 is 0 Å². The molecule has 1 atom stereocenters. The fourth-order valence-electron chi connectivity index (χ4n) is 0.975. The van der Waals surface area contributed by atoms with Gasteiger partial charge in [0.05, 0.1) is 6.61 Å². The number of aliphatic hydroxyl groups excluding tert-OH is 1. The summed E-state index contributed by atoms with van der Waals surface area (Å²) in [5.74, 6) is -0.396. The number of hydrogen-bond donors (Lipinski definition) is 2. The SMILES string of the molecule is CC(N)c1ccc(CO)c(F)c1. The second-order valence-corrected chi connectivity index (χ2v) is 2.80. The van der Waals surface area contributed by atoms with E-state index < -0.39 is 5.82 Å². The lowest BCUT2D eigenvalue weighted by Gasteiger charge is -2.06. The Labute approximate surface area is 70.8 Å². The van der Waals surface area contributed by atoms with Gasteiger partial charge in [-0.25, -0.2) is 4.39 Å². The van der Waals surface area contributed by atoms with Crippen molar-refractivity contribution in [3.8, 4) is 0 Å². The third kappa shape index (κ3) is 1.81. The topological polar surface area (TPSA) is 46.2 Å². The number of benzene rings is 1. The van der Waals surface area contributed by atoms with Crippen molar-refractivity contribution in [1.82, 2.24) is 0 Å². The summed E-state index contributed by atoms with van der Waals surface area (Å²) < 4.78 is 13.0. The smallest absolute Gasteiger partial charge is 0.129 e. The number of halogens is 1. The summed E-state index contributed by atoms with van der Waals surface area (Å²) in [5.41, 5.74) is 6.59. The minimum atomic E-state index is -0.396. The van der Waals surface area contributed by atoms with Gasteiger partial charge in [-0.15, -0.1) is 0 Å². The zero-order chi connectivity index (χ0) is 9.14. The Bertz CT molecular complexity index is 273. The fraction of sp³-hybridized carbons (Fsp3) is 0.333. The van der Waals surface area contributed by atoms with Gasteiger partial charge in [-0.3, -0.25) is 0 Å². The van der Waals surface area contributed by atoms with Crippen molar-refractivity contribution in [1.29, 1.82) is 0 Å². The number of nitrogens with two attached hydrogens (primary N) is 1. The van der Waals surface area contributed by atoms with Crippen LogP contribution in [-0.2, 0) is 6.61 Å². The first-order valence-electron chi connectivity index (χ1n) is 3.80. The Hall–Kier alpha value is -0.930. The van der Waals surface area contributed by atoms with E-state index in [9.17, 15) is 4.39 Å². The molecule has 0 aliphatic carbocycles. The average Bonchev–Trinajstić information content (AvgIpc) is 2.04. The molecule has 1 aromatic rings. The molecule has 1 unspecified atom stereocenters. The van der Waals surface area contributed by atoms with Gasteiger partial charge in [0.1, 0.15) is 5.82 Å². The van der Waals surface area contributed by atoms with Crippen LogP contribution in [0.5, 0.6) is 0 Å². The monoisotopic (exact) mass is 169 g/mol. The van der Waals surface area contributed by atoms with E-state index in [1.807, 2.05) is 0 Å². The Balaban J connectivity index is 3.02. The summed E-state index contributed by atoms with van der Waals surface area (Å²) in [6.45, 7) is 1.51. The van der Waals surface area contributed by atoms with Gasteiger partial charge in [-0.05, 0) is 18.6 Å². The summed E-state index contributed by atoms with van der Waals surface area (Å²) in [4.78, 5) is 0. The van der Waals surface area contributed by atoms with E-state index in [4.69, 9.17) is 10.8 Å². The lowest BCUT2D eigenvalue weighted by molar-refractivity contribution is 0.275. The molecule has 12 heavy (non-hydrogen) atoms. The molecule has 1 aromatic carbocycles. The highest BCUT2D eigenvalue weighted by molar-refractivity contribution is 5.25. The standard InChI is InChI=1S/C9H12FNO/c1-6(11)7-2-3-8(5-12)9(10)4-7/h2-4,6,12H,5,11H2,1H3. The van der Waals surface area contributed by atoms with Gasteiger partial charge in [-0.2, -0.15) is 0 Å². The van der Waals surface area contributed by atoms with Crippen LogP contribution >= 0.6 is 0 Å². The number of hydrogen-bond acceptors (Lipinski definition) is 2. The summed E-state index contributed by atoms with van der Waals surface area (Å²) >= 11 is 0. The maximum atomic E-state index is 13.0. The van der Waals surface area contributed by atoms with Crippen LogP contribution in [0.4, 0.5) is 4.39 Å². The van der Waals surface area contributed by atoms with Crippen molar-refractivity contribution in [2.24, 2.45) is 5.73 Å². The van der Waals surface area contributed by atoms with Gasteiger partial charge in [-0.1, -0.05) is 12.1 Å². The summed E-state index contributed by atoms with van der Waals surface area (Å²) in [5, 5.41) is 8.68. The highest BCUT2D eigenvalue weighted by Gasteiger charge is 2.04. The van der Waals surface area contributed by atoms with Gasteiger partial charge < -0.3 is 10.8 Å². The molecule has 0 radical (unpaired) electrons. The van der Waals surface area contributed by atoms with Crippen LogP contribution in [0.2, 0.25) is 0 Å². The van der Waals surface area contributed by atoms with E-state index in [2.05, 4.69) is 0 Å². The molecule has 66 valence electrons. The van der Waals surface area contributed by atoms with Gasteiger partial charge in [0, 0.05) is 11.6 Å². The van der Waals surface area contributed by atoms with Crippen molar-refractivity contribution < 1.29 is 9.50 Å². The minimum absolute atomic E-state index is 0.174. The van der Waals surface area contributed by atoms with Crippen LogP contribution < -0.4 is 5.73 Å². The first kappa shape index (κ1) is 9.16. The van der Waals surface area contributed by atoms with Gasteiger partial charge in [0.25, 0.3) is 0 Å². The molecular formula is C9H12FNO. The van der Waals surface area contributed by atoms with Crippen LogP contribution in [0.25, 0.3) is 0 Å². The molecule has 0 amide bonds. The van der Waals surface area contributed by atoms with E-state index >= 15 is 0 Å². The molecule has 0 saturated carbocycles. The van der Waals surface area contributed by atoms with Crippen molar-refractivity contribution in [3.05, 3.63) is 35.1 Å². The molecule has 2 nitrogen and oxygen atoms in total. The molecule has 3 heteroatoms. The second kappa shape index (κ2) is 3.65. The highest BCUT2D eigenvalue weighted by atomic mass is 19.1.